The van der Waals surface area contributed by atoms with Gasteiger partial charge in [0.05, 0.1) is 25.4 Å². The van der Waals surface area contributed by atoms with Crippen molar-refractivity contribution < 1.29 is 14.6 Å². The summed E-state index contributed by atoms with van der Waals surface area (Å²) in [7, 11) is 0. The minimum atomic E-state index is -0.688. The molecule has 0 aliphatic rings. The van der Waals surface area contributed by atoms with Gasteiger partial charge in [-0.15, -0.1) is 0 Å². The molecule has 1 aromatic heterocycles. The molecule has 0 amide bonds. The number of benzene rings is 1. The zero-order valence-corrected chi connectivity index (χ0v) is 17.7. The van der Waals surface area contributed by atoms with Crippen LogP contribution in [0.3, 0.4) is 0 Å². The van der Waals surface area contributed by atoms with Gasteiger partial charge in [0.15, 0.2) is 5.96 Å². The van der Waals surface area contributed by atoms with E-state index in [2.05, 4.69) is 20.6 Å². The maximum atomic E-state index is 10.6. The highest BCUT2D eigenvalue weighted by Gasteiger charge is 2.11. The molecule has 1 aromatic carbocycles. The molecular weight excluding hydrogens is 368 g/mol. The monoisotopic (exact) mass is 400 g/mol. The molecule has 1 heterocycles. The Morgan fingerprint density at radius 3 is 2.72 bits per heavy atom. The molecule has 7 nitrogen and oxygen atoms in total. The summed E-state index contributed by atoms with van der Waals surface area (Å²) < 4.78 is 11.3. The third kappa shape index (κ3) is 7.62. The third-order valence-corrected chi connectivity index (χ3v) is 3.96. The zero-order valence-electron chi connectivity index (χ0n) is 17.7. The van der Waals surface area contributed by atoms with Gasteiger partial charge in [-0.3, -0.25) is 0 Å². The van der Waals surface area contributed by atoms with Crippen LogP contribution in [0.25, 0.3) is 0 Å². The summed E-state index contributed by atoms with van der Waals surface area (Å²) in [5.41, 5.74) is 1.70. The topological polar surface area (TPSA) is 88.0 Å². The number of aromatic nitrogens is 1. The SMILES string of the molecule is CCNC(=NCc1cccnc1OCC)NCC(O)c1cccc(OC(C)C)c1. The second-order valence-corrected chi connectivity index (χ2v) is 6.73. The van der Waals surface area contributed by atoms with Crippen LogP contribution >= 0.6 is 0 Å². The first kappa shape index (κ1) is 22.5. The molecule has 0 bridgehead atoms. The molecule has 3 N–H and O–H groups in total. The maximum Gasteiger partial charge on any atom is 0.218 e. The molecule has 0 fully saturated rings. The van der Waals surface area contributed by atoms with Gasteiger partial charge in [-0.2, -0.15) is 0 Å². The second-order valence-electron chi connectivity index (χ2n) is 6.73. The summed E-state index contributed by atoms with van der Waals surface area (Å²) in [6.45, 7) is 9.88. The number of hydrogen-bond donors (Lipinski definition) is 3. The van der Waals surface area contributed by atoms with Crippen LogP contribution in [0.2, 0.25) is 0 Å². The zero-order chi connectivity index (χ0) is 21.1. The van der Waals surface area contributed by atoms with Gasteiger partial charge in [-0.05, 0) is 51.5 Å². The fourth-order valence-electron chi connectivity index (χ4n) is 2.70. The molecule has 0 saturated heterocycles. The molecule has 0 saturated carbocycles. The van der Waals surface area contributed by atoms with Crippen molar-refractivity contribution in [2.24, 2.45) is 4.99 Å². The predicted octanol–water partition coefficient (Wildman–Crippen LogP) is 3.06. The van der Waals surface area contributed by atoms with Crippen LogP contribution in [0.15, 0.2) is 47.6 Å². The van der Waals surface area contributed by atoms with E-state index in [0.717, 1.165) is 16.9 Å². The van der Waals surface area contributed by atoms with Crippen LogP contribution < -0.4 is 20.1 Å². The van der Waals surface area contributed by atoms with Crippen molar-refractivity contribution in [2.75, 3.05) is 19.7 Å². The lowest BCUT2D eigenvalue weighted by Gasteiger charge is -2.17. The van der Waals surface area contributed by atoms with Crippen LogP contribution in [-0.4, -0.2) is 41.9 Å². The summed E-state index contributed by atoms with van der Waals surface area (Å²) >= 11 is 0. The fourth-order valence-corrected chi connectivity index (χ4v) is 2.70. The number of aliphatic imine (C=N–C) groups is 1. The van der Waals surface area contributed by atoms with Gasteiger partial charge < -0.3 is 25.2 Å². The average Bonchev–Trinajstić information content (AvgIpc) is 2.70. The molecule has 2 rings (SSSR count). The van der Waals surface area contributed by atoms with E-state index >= 15 is 0 Å². The Hall–Kier alpha value is -2.80. The Morgan fingerprint density at radius 2 is 2.00 bits per heavy atom. The summed E-state index contributed by atoms with van der Waals surface area (Å²) in [5.74, 6) is 1.96. The molecule has 158 valence electrons. The van der Waals surface area contributed by atoms with Gasteiger partial charge in [0.2, 0.25) is 5.88 Å². The van der Waals surface area contributed by atoms with Crippen molar-refractivity contribution in [3.05, 3.63) is 53.7 Å². The minimum Gasteiger partial charge on any atom is -0.491 e. The number of guanidine groups is 1. The van der Waals surface area contributed by atoms with Gasteiger partial charge in [0.1, 0.15) is 5.75 Å². The molecule has 0 spiro atoms. The first-order chi connectivity index (χ1) is 14.0. The van der Waals surface area contributed by atoms with Crippen molar-refractivity contribution in [1.29, 1.82) is 0 Å². The average molecular weight is 401 g/mol. The van der Waals surface area contributed by atoms with Gasteiger partial charge in [0.25, 0.3) is 0 Å². The van der Waals surface area contributed by atoms with Gasteiger partial charge in [-0.1, -0.05) is 18.2 Å². The largest absolute Gasteiger partial charge is 0.491 e. The van der Waals surface area contributed by atoms with E-state index in [1.807, 2.05) is 64.1 Å². The number of aliphatic hydroxyl groups excluding tert-OH is 1. The standard InChI is InChI=1S/C22H32N4O3/c1-5-23-22(25-14-18-10-8-12-24-21(18)28-6-2)26-15-20(27)17-9-7-11-19(13-17)29-16(3)4/h7-13,16,20,27H,5-6,14-15H2,1-4H3,(H2,23,25,26). The van der Waals surface area contributed by atoms with E-state index in [9.17, 15) is 5.11 Å². The number of pyridine rings is 1. The molecule has 2 aromatic rings. The van der Waals surface area contributed by atoms with Gasteiger partial charge in [0, 0.05) is 24.8 Å². The van der Waals surface area contributed by atoms with Crippen molar-refractivity contribution in [3.63, 3.8) is 0 Å². The normalized spacial score (nSPS) is 12.6. The Bertz CT molecular complexity index is 780. The van der Waals surface area contributed by atoms with Gasteiger partial charge in [-0.25, -0.2) is 9.98 Å². The lowest BCUT2D eigenvalue weighted by Crippen LogP contribution is -2.39. The lowest BCUT2D eigenvalue weighted by molar-refractivity contribution is 0.179. The van der Waals surface area contributed by atoms with Crippen LogP contribution in [0.4, 0.5) is 0 Å². The molecule has 7 heteroatoms. The molecule has 0 aliphatic heterocycles. The lowest BCUT2D eigenvalue weighted by atomic mass is 10.1. The molecular formula is C22H32N4O3. The van der Waals surface area contributed by atoms with E-state index in [-0.39, 0.29) is 6.10 Å². The fraction of sp³-hybridized carbons (Fsp3) is 0.455. The van der Waals surface area contributed by atoms with Crippen molar-refractivity contribution in [1.82, 2.24) is 15.6 Å². The first-order valence-corrected chi connectivity index (χ1v) is 10.1. The highest BCUT2D eigenvalue weighted by atomic mass is 16.5. The third-order valence-electron chi connectivity index (χ3n) is 3.96. The number of nitrogens with zero attached hydrogens (tertiary/aromatic N) is 2. The number of hydrogen-bond acceptors (Lipinski definition) is 5. The van der Waals surface area contributed by atoms with Crippen LogP contribution in [0, 0.1) is 0 Å². The molecule has 1 unspecified atom stereocenters. The summed E-state index contributed by atoms with van der Waals surface area (Å²) in [6.07, 6.45) is 1.10. The predicted molar refractivity (Wildman–Crippen MR) is 115 cm³/mol. The van der Waals surface area contributed by atoms with Crippen molar-refractivity contribution >= 4 is 5.96 Å². The first-order valence-electron chi connectivity index (χ1n) is 10.1. The van der Waals surface area contributed by atoms with Crippen LogP contribution in [0.1, 0.15) is 44.9 Å². The smallest absolute Gasteiger partial charge is 0.218 e. The second kappa shape index (κ2) is 11.9. The van der Waals surface area contributed by atoms with E-state index in [4.69, 9.17) is 9.47 Å². The Morgan fingerprint density at radius 1 is 1.17 bits per heavy atom. The van der Waals surface area contributed by atoms with E-state index in [1.54, 1.807) is 6.20 Å². The number of ether oxygens (including phenoxy) is 2. The highest BCUT2D eigenvalue weighted by Crippen LogP contribution is 2.20. The Balaban J connectivity index is 2.01. The van der Waals surface area contributed by atoms with Crippen LogP contribution in [0.5, 0.6) is 11.6 Å². The van der Waals surface area contributed by atoms with E-state index in [1.165, 1.54) is 0 Å². The maximum absolute atomic E-state index is 10.6. The Labute approximate surface area is 173 Å². The summed E-state index contributed by atoms with van der Waals surface area (Å²) in [6, 6.07) is 11.3. The molecule has 1 atom stereocenters. The van der Waals surface area contributed by atoms with Gasteiger partial charge >= 0.3 is 0 Å². The summed E-state index contributed by atoms with van der Waals surface area (Å²) in [5, 5.41) is 16.9. The number of aliphatic hydroxyl groups is 1. The van der Waals surface area contributed by atoms with E-state index < -0.39 is 6.10 Å². The number of nitrogens with one attached hydrogen (secondary N) is 2. The minimum absolute atomic E-state index is 0.0852. The molecule has 29 heavy (non-hydrogen) atoms. The van der Waals surface area contributed by atoms with Crippen LogP contribution in [-0.2, 0) is 6.54 Å². The highest BCUT2D eigenvalue weighted by molar-refractivity contribution is 5.79. The van der Waals surface area contributed by atoms with Crippen molar-refractivity contribution in [3.8, 4) is 11.6 Å². The quantitative estimate of drug-likeness (QED) is 0.420. The van der Waals surface area contributed by atoms with E-state index in [0.29, 0.717) is 38.1 Å². The molecule has 0 aliphatic carbocycles. The van der Waals surface area contributed by atoms with Crippen molar-refractivity contribution in [2.45, 2.75) is 46.4 Å². The Kier molecular flexibility index (Phi) is 9.24. The number of rotatable bonds is 10. The molecule has 0 radical (unpaired) electrons. The summed E-state index contributed by atoms with van der Waals surface area (Å²) in [4.78, 5) is 8.84.